The number of nitrogens with zero attached hydrogens (tertiary/aromatic N) is 1. The number of hydrogen-bond donors (Lipinski definition) is 1. The Morgan fingerprint density at radius 1 is 1.36 bits per heavy atom. The van der Waals surface area contributed by atoms with Gasteiger partial charge in [0.25, 0.3) is 0 Å². The van der Waals surface area contributed by atoms with Crippen LogP contribution in [-0.4, -0.2) is 12.6 Å². The summed E-state index contributed by atoms with van der Waals surface area (Å²) in [6.07, 6.45) is 8.93. The molecule has 0 bridgehead atoms. The van der Waals surface area contributed by atoms with Crippen LogP contribution in [0.4, 0.5) is 0 Å². The molecule has 0 saturated heterocycles. The highest BCUT2D eigenvalue weighted by atomic mass is 14.9. The molecule has 0 aromatic rings. The molecule has 2 unspecified atom stereocenters. The van der Waals surface area contributed by atoms with E-state index in [0.29, 0.717) is 6.04 Å². The molecule has 2 heteroatoms. The fourth-order valence-electron chi connectivity index (χ4n) is 2.08. The van der Waals surface area contributed by atoms with Crippen LogP contribution in [0.1, 0.15) is 38.5 Å². The van der Waals surface area contributed by atoms with Gasteiger partial charge in [-0.15, -0.1) is 6.58 Å². The van der Waals surface area contributed by atoms with E-state index in [1.165, 1.54) is 19.3 Å². The Kier molecular flexibility index (Phi) is 5.32. The summed E-state index contributed by atoms with van der Waals surface area (Å²) in [5.74, 6) is 0.224. The van der Waals surface area contributed by atoms with E-state index in [1.807, 2.05) is 6.08 Å². The third-order valence-corrected chi connectivity index (χ3v) is 2.94. The molecule has 1 aliphatic carbocycles. The van der Waals surface area contributed by atoms with E-state index in [9.17, 15) is 0 Å². The van der Waals surface area contributed by atoms with Crippen LogP contribution < -0.4 is 5.32 Å². The summed E-state index contributed by atoms with van der Waals surface area (Å²) in [5, 5.41) is 12.5. The van der Waals surface area contributed by atoms with Crippen molar-refractivity contribution in [2.75, 3.05) is 6.54 Å². The summed E-state index contributed by atoms with van der Waals surface area (Å²) in [7, 11) is 0. The van der Waals surface area contributed by atoms with Crippen molar-refractivity contribution in [1.82, 2.24) is 5.32 Å². The maximum absolute atomic E-state index is 9.03. The second-order valence-electron chi connectivity index (χ2n) is 4.01. The summed E-state index contributed by atoms with van der Waals surface area (Å²) in [6, 6.07) is 2.85. The lowest BCUT2D eigenvalue weighted by atomic mass is 9.96. The predicted molar refractivity (Wildman–Crippen MR) is 58.8 cm³/mol. The Morgan fingerprint density at radius 2 is 2.14 bits per heavy atom. The molecule has 1 saturated carbocycles. The molecule has 0 amide bonds. The van der Waals surface area contributed by atoms with Crippen LogP contribution in [0.5, 0.6) is 0 Å². The van der Waals surface area contributed by atoms with E-state index in [0.717, 1.165) is 25.8 Å². The molecular weight excluding hydrogens is 172 g/mol. The van der Waals surface area contributed by atoms with Gasteiger partial charge in [-0.25, -0.2) is 0 Å². The van der Waals surface area contributed by atoms with E-state index in [2.05, 4.69) is 18.0 Å². The van der Waals surface area contributed by atoms with Crippen LogP contribution >= 0.6 is 0 Å². The smallest absolute Gasteiger partial charge is 0.0672 e. The molecule has 78 valence electrons. The van der Waals surface area contributed by atoms with Crippen molar-refractivity contribution in [1.29, 1.82) is 5.26 Å². The second kappa shape index (κ2) is 6.62. The molecular formula is C12H20N2. The van der Waals surface area contributed by atoms with Gasteiger partial charge >= 0.3 is 0 Å². The first-order valence-corrected chi connectivity index (χ1v) is 5.62. The van der Waals surface area contributed by atoms with Crippen LogP contribution in [0.3, 0.4) is 0 Å². The zero-order valence-electron chi connectivity index (χ0n) is 8.84. The number of nitriles is 1. The van der Waals surface area contributed by atoms with Crippen molar-refractivity contribution in [2.24, 2.45) is 5.92 Å². The zero-order valence-corrected chi connectivity index (χ0v) is 8.84. The highest BCUT2D eigenvalue weighted by molar-refractivity contribution is 4.93. The Bertz CT molecular complexity index is 205. The molecule has 2 atom stereocenters. The molecule has 0 spiro atoms. The van der Waals surface area contributed by atoms with Crippen LogP contribution in [0, 0.1) is 17.2 Å². The summed E-state index contributed by atoms with van der Waals surface area (Å²) in [6.45, 7) is 4.66. The first-order valence-electron chi connectivity index (χ1n) is 5.62. The van der Waals surface area contributed by atoms with Gasteiger partial charge in [0.15, 0.2) is 0 Å². The predicted octanol–water partition coefficient (Wildman–Crippen LogP) is 2.62. The zero-order chi connectivity index (χ0) is 10.2. The van der Waals surface area contributed by atoms with Gasteiger partial charge in [-0.05, 0) is 25.8 Å². The van der Waals surface area contributed by atoms with Gasteiger partial charge in [-0.2, -0.15) is 5.26 Å². The van der Waals surface area contributed by atoms with Crippen molar-refractivity contribution in [3.05, 3.63) is 12.7 Å². The third-order valence-electron chi connectivity index (χ3n) is 2.94. The van der Waals surface area contributed by atoms with Gasteiger partial charge < -0.3 is 5.32 Å². The summed E-state index contributed by atoms with van der Waals surface area (Å²) in [4.78, 5) is 0. The van der Waals surface area contributed by atoms with E-state index >= 15 is 0 Å². The van der Waals surface area contributed by atoms with E-state index in [4.69, 9.17) is 5.26 Å². The monoisotopic (exact) mass is 192 g/mol. The quantitative estimate of drug-likeness (QED) is 0.422. The molecule has 1 rings (SSSR count). The summed E-state index contributed by atoms with van der Waals surface area (Å²) < 4.78 is 0. The maximum Gasteiger partial charge on any atom is 0.0672 e. The van der Waals surface area contributed by atoms with Crippen LogP contribution in [0.2, 0.25) is 0 Å². The standard InChI is InChI=1S/C12H20N2/c1-2-3-9-14-12-8-6-4-5-7-11(12)10-13/h2,11-12,14H,1,3-9H2. The van der Waals surface area contributed by atoms with Gasteiger partial charge in [0, 0.05) is 6.04 Å². The average molecular weight is 192 g/mol. The molecule has 1 fully saturated rings. The van der Waals surface area contributed by atoms with Gasteiger partial charge in [0.2, 0.25) is 0 Å². The lowest BCUT2D eigenvalue weighted by molar-refractivity contribution is 0.398. The van der Waals surface area contributed by atoms with Crippen molar-refractivity contribution in [2.45, 2.75) is 44.6 Å². The van der Waals surface area contributed by atoms with Crippen molar-refractivity contribution in [3.8, 4) is 6.07 Å². The minimum Gasteiger partial charge on any atom is -0.312 e. The lowest BCUT2D eigenvalue weighted by Crippen LogP contribution is -2.35. The first kappa shape index (κ1) is 11.3. The largest absolute Gasteiger partial charge is 0.312 e. The highest BCUT2D eigenvalue weighted by Crippen LogP contribution is 2.22. The average Bonchev–Trinajstić information content (AvgIpc) is 2.43. The lowest BCUT2D eigenvalue weighted by Gasteiger charge is -2.20. The van der Waals surface area contributed by atoms with Gasteiger partial charge in [0.1, 0.15) is 0 Å². The van der Waals surface area contributed by atoms with Crippen LogP contribution in [-0.2, 0) is 0 Å². The molecule has 1 aliphatic rings. The number of rotatable bonds is 4. The first-order chi connectivity index (χ1) is 6.88. The molecule has 14 heavy (non-hydrogen) atoms. The van der Waals surface area contributed by atoms with Crippen LogP contribution in [0.15, 0.2) is 12.7 Å². The molecule has 0 radical (unpaired) electrons. The van der Waals surface area contributed by atoms with E-state index in [1.54, 1.807) is 0 Å². The third kappa shape index (κ3) is 3.51. The minimum atomic E-state index is 0.224. The van der Waals surface area contributed by atoms with Gasteiger partial charge in [0.05, 0.1) is 12.0 Å². The summed E-state index contributed by atoms with van der Waals surface area (Å²) >= 11 is 0. The number of hydrogen-bond acceptors (Lipinski definition) is 2. The van der Waals surface area contributed by atoms with Gasteiger partial charge in [-0.3, -0.25) is 0 Å². The fraction of sp³-hybridized carbons (Fsp3) is 0.750. The van der Waals surface area contributed by atoms with E-state index in [-0.39, 0.29) is 5.92 Å². The Morgan fingerprint density at radius 3 is 2.86 bits per heavy atom. The van der Waals surface area contributed by atoms with Crippen LogP contribution in [0.25, 0.3) is 0 Å². The molecule has 0 aliphatic heterocycles. The maximum atomic E-state index is 9.03. The number of nitrogens with one attached hydrogen (secondary N) is 1. The molecule has 0 heterocycles. The summed E-state index contributed by atoms with van der Waals surface area (Å²) in [5.41, 5.74) is 0. The normalized spacial score (nSPS) is 27.6. The Labute approximate surface area is 87.0 Å². The van der Waals surface area contributed by atoms with Crippen molar-refractivity contribution >= 4 is 0 Å². The highest BCUT2D eigenvalue weighted by Gasteiger charge is 2.22. The Hall–Kier alpha value is -0.810. The molecule has 2 nitrogen and oxygen atoms in total. The fourth-order valence-corrected chi connectivity index (χ4v) is 2.08. The molecule has 0 aromatic heterocycles. The SMILES string of the molecule is C=CCCNC1CCCCCC1C#N. The van der Waals surface area contributed by atoms with Crippen molar-refractivity contribution < 1.29 is 0 Å². The Balaban J connectivity index is 2.36. The van der Waals surface area contributed by atoms with Gasteiger partial charge in [-0.1, -0.05) is 25.3 Å². The minimum absolute atomic E-state index is 0.224. The second-order valence-corrected chi connectivity index (χ2v) is 4.01. The van der Waals surface area contributed by atoms with Crippen molar-refractivity contribution in [3.63, 3.8) is 0 Å². The molecule has 0 aromatic carbocycles. The topological polar surface area (TPSA) is 35.8 Å². The molecule has 1 N–H and O–H groups in total. The van der Waals surface area contributed by atoms with E-state index < -0.39 is 0 Å².